The van der Waals surface area contributed by atoms with Crippen LogP contribution in [-0.4, -0.2) is 28.1 Å². The number of primary amides is 1. The Kier molecular flexibility index (Phi) is 8.43. The highest BCUT2D eigenvalue weighted by Crippen LogP contribution is 2.26. The Bertz CT molecular complexity index is 1220. The van der Waals surface area contributed by atoms with Gasteiger partial charge in [0.1, 0.15) is 5.82 Å². The van der Waals surface area contributed by atoms with Crippen molar-refractivity contribution in [3.05, 3.63) is 76.5 Å². The molecule has 0 radical (unpaired) electrons. The lowest BCUT2D eigenvalue weighted by molar-refractivity contribution is 0.0456. The van der Waals surface area contributed by atoms with Crippen LogP contribution in [-0.2, 0) is 11.3 Å². The highest BCUT2D eigenvalue weighted by Gasteiger charge is 2.15. The highest BCUT2D eigenvalue weighted by molar-refractivity contribution is 5.98. The molecule has 2 aromatic carbocycles. The molecule has 1 aliphatic carbocycles. The van der Waals surface area contributed by atoms with E-state index in [9.17, 15) is 9.59 Å². The maximum atomic E-state index is 11.2. The van der Waals surface area contributed by atoms with Crippen molar-refractivity contribution >= 4 is 23.4 Å². The number of hydrogen-bond acceptors (Lipinski definition) is 6. The van der Waals surface area contributed by atoms with Crippen LogP contribution in [0, 0.1) is 13.8 Å². The first-order chi connectivity index (χ1) is 16.6. The Balaban J connectivity index is 0.000000203. The number of amides is 1. The number of carboxylic acid groups (broad SMARTS) is 1. The van der Waals surface area contributed by atoms with Gasteiger partial charge in [0.15, 0.2) is 0 Å². The molecule has 0 atom stereocenters. The van der Waals surface area contributed by atoms with Crippen LogP contribution < -0.4 is 17.2 Å². The Labute approximate surface area is 205 Å². The second-order valence-corrected chi connectivity index (χ2v) is 8.81. The predicted octanol–water partition coefficient (Wildman–Crippen LogP) is 4.47. The summed E-state index contributed by atoms with van der Waals surface area (Å²) in [7, 11) is 0. The van der Waals surface area contributed by atoms with E-state index in [4.69, 9.17) is 27.0 Å². The number of aryl methyl sites for hydroxylation is 2. The summed E-state index contributed by atoms with van der Waals surface area (Å²) in [6.07, 6.45) is 7.14. The Morgan fingerprint density at radius 3 is 2.34 bits per heavy atom. The van der Waals surface area contributed by atoms with Crippen LogP contribution in [0.3, 0.4) is 0 Å². The number of nitrogens with two attached hydrogens (primary N) is 3. The second kappa shape index (κ2) is 11.5. The highest BCUT2D eigenvalue weighted by atomic mass is 16.5. The first-order valence-corrected chi connectivity index (χ1v) is 11.5. The van der Waals surface area contributed by atoms with Crippen LogP contribution in [0.4, 0.5) is 11.5 Å². The number of carbonyl (C=O) groups is 2. The van der Waals surface area contributed by atoms with Gasteiger partial charge in [0.05, 0.1) is 23.8 Å². The molecule has 8 heteroatoms. The second-order valence-electron chi connectivity index (χ2n) is 8.81. The van der Waals surface area contributed by atoms with E-state index in [0.717, 1.165) is 6.61 Å². The molecule has 0 bridgehead atoms. The fourth-order valence-corrected chi connectivity index (χ4v) is 3.93. The minimum atomic E-state index is -1.10. The number of carbonyl (C=O) groups excluding carboxylic acids is 1. The van der Waals surface area contributed by atoms with Crippen molar-refractivity contribution < 1.29 is 19.4 Å². The van der Waals surface area contributed by atoms with E-state index < -0.39 is 11.9 Å². The van der Waals surface area contributed by atoms with Gasteiger partial charge in [0.25, 0.3) is 5.91 Å². The Morgan fingerprint density at radius 1 is 1.00 bits per heavy atom. The largest absolute Gasteiger partial charge is 0.478 e. The third-order valence-electron chi connectivity index (χ3n) is 6.08. The molecule has 1 aromatic heterocycles. The minimum absolute atomic E-state index is 0.0172. The molecule has 0 spiro atoms. The van der Waals surface area contributed by atoms with Gasteiger partial charge in [0.2, 0.25) is 0 Å². The minimum Gasteiger partial charge on any atom is -0.478 e. The molecule has 0 saturated heterocycles. The molecular weight excluding hydrogens is 444 g/mol. The maximum Gasteiger partial charge on any atom is 0.335 e. The molecule has 4 rings (SSSR count). The molecule has 7 N–H and O–H groups in total. The number of anilines is 2. The quantitative estimate of drug-likeness (QED) is 0.382. The van der Waals surface area contributed by atoms with E-state index in [0.29, 0.717) is 17.2 Å². The zero-order valence-corrected chi connectivity index (χ0v) is 20.1. The van der Waals surface area contributed by atoms with E-state index in [-0.39, 0.29) is 22.6 Å². The Morgan fingerprint density at radius 2 is 1.71 bits per heavy atom. The van der Waals surface area contributed by atoms with Crippen LogP contribution in [0.15, 0.2) is 48.7 Å². The maximum absolute atomic E-state index is 11.2. The zero-order valence-electron chi connectivity index (χ0n) is 20.1. The van der Waals surface area contributed by atoms with Gasteiger partial charge < -0.3 is 27.0 Å². The smallest absolute Gasteiger partial charge is 0.335 e. The summed E-state index contributed by atoms with van der Waals surface area (Å²) in [6.45, 7) is 5.09. The van der Waals surface area contributed by atoms with Crippen LogP contribution in [0.2, 0.25) is 0 Å². The van der Waals surface area contributed by atoms with E-state index >= 15 is 0 Å². The van der Waals surface area contributed by atoms with Crippen LogP contribution >= 0.6 is 0 Å². The fourth-order valence-electron chi connectivity index (χ4n) is 3.93. The van der Waals surface area contributed by atoms with Crippen LogP contribution in [0.25, 0.3) is 11.1 Å². The molecule has 1 amide bonds. The monoisotopic (exact) mass is 476 g/mol. The van der Waals surface area contributed by atoms with Crippen LogP contribution in [0.1, 0.15) is 63.1 Å². The third kappa shape index (κ3) is 7.04. The fraction of sp³-hybridized carbons (Fsp3) is 0.296. The van der Waals surface area contributed by atoms with Gasteiger partial charge in [-0.15, -0.1) is 0 Å². The normalized spacial score (nSPS) is 13.2. The molecule has 0 aliphatic heterocycles. The first-order valence-electron chi connectivity index (χ1n) is 11.5. The predicted molar refractivity (Wildman–Crippen MR) is 137 cm³/mol. The van der Waals surface area contributed by atoms with E-state index in [1.807, 2.05) is 0 Å². The lowest BCUT2D eigenvalue weighted by Gasteiger charge is -2.11. The van der Waals surface area contributed by atoms with Gasteiger partial charge in [-0.1, -0.05) is 31.0 Å². The molecule has 1 aliphatic rings. The topological polar surface area (TPSA) is 155 Å². The number of aromatic nitrogens is 1. The van der Waals surface area contributed by atoms with Gasteiger partial charge in [-0.3, -0.25) is 4.79 Å². The summed E-state index contributed by atoms with van der Waals surface area (Å²) in [4.78, 5) is 26.1. The van der Waals surface area contributed by atoms with Gasteiger partial charge >= 0.3 is 5.97 Å². The van der Waals surface area contributed by atoms with Gasteiger partial charge in [0, 0.05) is 17.4 Å². The lowest BCUT2D eigenvalue weighted by Crippen LogP contribution is -2.14. The van der Waals surface area contributed by atoms with E-state index in [2.05, 4.69) is 37.0 Å². The average Bonchev–Trinajstić information content (AvgIpc) is 3.34. The molecule has 1 saturated carbocycles. The summed E-state index contributed by atoms with van der Waals surface area (Å²) in [5.74, 6) is -1.79. The number of nitrogens with zero attached hydrogens (tertiary/aromatic N) is 1. The standard InChI is InChI=1S/C14H20O.C13H12N4O3/c1-11-7-8-13(9-12(11)2)10-15-14-5-3-4-6-14;14-9-2-6(1-7(3-9)13(19)20)8-4-10(12(16)18)11(15)17-5-8/h7-9,14H,3-6,10H2,1-2H3;1-5H,14H2,(H2,15,17)(H2,16,18)(H,19,20). The van der Waals surface area contributed by atoms with Crippen molar-refractivity contribution in [2.75, 3.05) is 11.5 Å². The number of nitrogen functional groups attached to an aromatic ring is 2. The van der Waals surface area contributed by atoms with Crippen molar-refractivity contribution in [2.45, 2.75) is 52.2 Å². The van der Waals surface area contributed by atoms with Crippen molar-refractivity contribution in [3.8, 4) is 11.1 Å². The first kappa shape index (κ1) is 25.7. The summed E-state index contributed by atoms with van der Waals surface area (Å²) in [5.41, 5.74) is 21.8. The summed E-state index contributed by atoms with van der Waals surface area (Å²) in [6, 6.07) is 12.4. The molecule has 3 aromatic rings. The van der Waals surface area contributed by atoms with Crippen molar-refractivity contribution in [1.29, 1.82) is 0 Å². The molecule has 0 unspecified atom stereocenters. The molecule has 35 heavy (non-hydrogen) atoms. The zero-order chi connectivity index (χ0) is 25.5. The third-order valence-corrected chi connectivity index (χ3v) is 6.08. The number of hydrogen-bond donors (Lipinski definition) is 4. The number of ether oxygens (including phenoxy) is 1. The van der Waals surface area contributed by atoms with Crippen LogP contribution in [0.5, 0.6) is 0 Å². The number of benzene rings is 2. The van der Waals surface area contributed by atoms with E-state index in [1.54, 1.807) is 6.07 Å². The molecule has 184 valence electrons. The molecule has 1 heterocycles. The van der Waals surface area contributed by atoms with Crippen molar-refractivity contribution in [3.63, 3.8) is 0 Å². The molecule has 1 fully saturated rings. The molecular formula is C27H32N4O4. The number of aromatic carboxylic acids is 1. The van der Waals surface area contributed by atoms with E-state index in [1.165, 1.54) is 66.8 Å². The Hall–Kier alpha value is -3.91. The number of rotatable bonds is 6. The van der Waals surface area contributed by atoms with Gasteiger partial charge in [-0.2, -0.15) is 0 Å². The average molecular weight is 477 g/mol. The summed E-state index contributed by atoms with van der Waals surface area (Å²) < 4.78 is 5.88. The van der Waals surface area contributed by atoms with Crippen molar-refractivity contribution in [2.24, 2.45) is 5.73 Å². The number of pyridine rings is 1. The van der Waals surface area contributed by atoms with Crippen molar-refractivity contribution in [1.82, 2.24) is 4.98 Å². The summed E-state index contributed by atoms with van der Waals surface area (Å²) in [5, 5.41) is 9.00. The summed E-state index contributed by atoms with van der Waals surface area (Å²) >= 11 is 0. The SMILES string of the molecule is Cc1ccc(COC2CCCC2)cc1C.NC(=O)c1cc(-c2cc(N)cc(C(=O)O)c2)cnc1N. The van der Waals surface area contributed by atoms with Gasteiger partial charge in [-0.05, 0) is 73.2 Å². The lowest BCUT2D eigenvalue weighted by atomic mass is 10.0. The number of carboxylic acids is 1. The van der Waals surface area contributed by atoms with Gasteiger partial charge in [-0.25, -0.2) is 9.78 Å². The molecule has 8 nitrogen and oxygen atoms in total.